The second kappa shape index (κ2) is 3.44. The van der Waals surface area contributed by atoms with Gasteiger partial charge in [0.1, 0.15) is 8.17 Å². The molecule has 0 saturated heterocycles. The SMILES string of the molecule is O=[N+]([O-])c1cc(I)ncc1Br. The average Bonchev–Trinajstić information content (AvgIpc) is 1.94. The minimum atomic E-state index is -0.450. The fourth-order valence-corrected chi connectivity index (χ4v) is 1.34. The zero-order chi connectivity index (χ0) is 8.43. The van der Waals surface area contributed by atoms with Crippen LogP contribution in [0.2, 0.25) is 0 Å². The van der Waals surface area contributed by atoms with Crippen LogP contribution in [0.3, 0.4) is 0 Å². The number of rotatable bonds is 1. The summed E-state index contributed by atoms with van der Waals surface area (Å²) in [5.41, 5.74) is 0.0457. The predicted molar refractivity (Wildman–Crippen MR) is 51.3 cm³/mol. The van der Waals surface area contributed by atoms with E-state index in [1.165, 1.54) is 12.3 Å². The summed E-state index contributed by atoms with van der Waals surface area (Å²) in [6.45, 7) is 0. The molecule has 11 heavy (non-hydrogen) atoms. The van der Waals surface area contributed by atoms with Crippen LogP contribution in [0.4, 0.5) is 5.69 Å². The molecule has 0 aromatic carbocycles. The number of halogens is 2. The molecule has 0 aliphatic rings. The first-order chi connectivity index (χ1) is 5.11. The van der Waals surface area contributed by atoms with Crippen LogP contribution >= 0.6 is 38.5 Å². The van der Waals surface area contributed by atoms with Gasteiger partial charge in [-0.05, 0) is 38.5 Å². The van der Waals surface area contributed by atoms with Crippen LogP contribution in [0.5, 0.6) is 0 Å². The average molecular weight is 329 g/mol. The zero-order valence-corrected chi connectivity index (χ0v) is 8.87. The first kappa shape index (κ1) is 8.85. The highest BCUT2D eigenvalue weighted by atomic mass is 127. The Morgan fingerprint density at radius 1 is 1.73 bits per heavy atom. The van der Waals surface area contributed by atoms with Crippen LogP contribution in [0.15, 0.2) is 16.7 Å². The summed E-state index contributed by atoms with van der Waals surface area (Å²) in [4.78, 5) is 13.7. The third-order valence-electron chi connectivity index (χ3n) is 0.998. The summed E-state index contributed by atoms with van der Waals surface area (Å²) in [6.07, 6.45) is 1.42. The largest absolute Gasteiger partial charge is 0.287 e. The van der Waals surface area contributed by atoms with E-state index in [-0.39, 0.29) is 5.69 Å². The van der Waals surface area contributed by atoms with E-state index in [4.69, 9.17) is 0 Å². The number of nitro groups is 1. The minimum Gasteiger partial charge on any atom is -0.258 e. The maximum atomic E-state index is 10.3. The number of pyridine rings is 1. The molecule has 0 aliphatic heterocycles. The van der Waals surface area contributed by atoms with Gasteiger partial charge in [0.05, 0.1) is 4.92 Å². The summed E-state index contributed by atoms with van der Waals surface area (Å²) in [6, 6.07) is 1.41. The fourth-order valence-electron chi connectivity index (χ4n) is 0.543. The Kier molecular flexibility index (Phi) is 2.77. The van der Waals surface area contributed by atoms with Gasteiger partial charge in [-0.3, -0.25) is 10.1 Å². The molecule has 4 nitrogen and oxygen atoms in total. The molecule has 0 fully saturated rings. The Hall–Kier alpha value is -0.240. The molecule has 1 aromatic heterocycles. The van der Waals surface area contributed by atoms with E-state index in [0.717, 1.165) is 0 Å². The number of aromatic nitrogens is 1. The zero-order valence-electron chi connectivity index (χ0n) is 5.12. The Morgan fingerprint density at radius 2 is 2.36 bits per heavy atom. The van der Waals surface area contributed by atoms with Crippen molar-refractivity contribution in [1.29, 1.82) is 0 Å². The van der Waals surface area contributed by atoms with E-state index < -0.39 is 4.92 Å². The Labute approximate surface area is 84.4 Å². The van der Waals surface area contributed by atoms with Crippen LogP contribution in [0.1, 0.15) is 0 Å². The van der Waals surface area contributed by atoms with E-state index in [1.54, 1.807) is 0 Å². The van der Waals surface area contributed by atoms with Crippen molar-refractivity contribution in [2.45, 2.75) is 0 Å². The third kappa shape index (κ3) is 2.09. The molecule has 6 heteroatoms. The van der Waals surface area contributed by atoms with Crippen LogP contribution in [-0.4, -0.2) is 9.91 Å². The molecule has 0 aliphatic carbocycles. The van der Waals surface area contributed by atoms with E-state index in [9.17, 15) is 10.1 Å². The van der Waals surface area contributed by atoms with Crippen molar-refractivity contribution in [2.75, 3.05) is 0 Å². The van der Waals surface area contributed by atoms with Crippen molar-refractivity contribution in [3.8, 4) is 0 Å². The standard InChI is InChI=1S/C5H2BrIN2O2/c6-3-2-8-5(7)1-4(3)9(10)11/h1-2H. The van der Waals surface area contributed by atoms with Crippen molar-refractivity contribution < 1.29 is 4.92 Å². The second-order valence-electron chi connectivity index (χ2n) is 1.72. The van der Waals surface area contributed by atoms with Crippen LogP contribution < -0.4 is 0 Å². The minimum absolute atomic E-state index is 0.0457. The summed E-state index contributed by atoms with van der Waals surface area (Å²) >= 11 is 4.94. The van der Waals surface area contributed by atoms with E-state index in [0.29, 0.717) is 8.17 Å². The van der Waals surface area contributed by atoms with Gasteiger partial charge >= 0.3 is 0 Å². The van der Waals surface area contributed by atoms with Gasteiger partial charge in [-0.2, -0.15) is 0 Å². The topological polar surface area (TPSA) is 56.0 Å². The highest BCUT2D eigenvalue weighted by Crippen LogP contribution is 2.24. The molecule has 0 spiro atoms. The van der Waals surface area contributed by atoms with Gasteiger partial charge in [0.25, 0.3) is 5.69 Å². The lowest BCUT2D eigenvalue weighted by atomic mass is 10.4. The predicted octanol–water partition coefficient (Wildman–Crippen LogP) is 2.36. The summed E-state index contributed by atoms with van der Waals surface area (Å²) in [5, 5.41) is 10.3. The summed E-state index contributed by atoms with van der Waals surface area (Å²) in [5.74, 6) is 0. The highest BCUT2D eigenvalue weighted by molar-refractivity contribution is 14.1. The monoisotopic (exact) mass is 328 g/mol. The molecule has 0 atom stereocenters. The fraction of sp³-hybridized carbons (Fsp3) is 0. The Bertz CT molecular complexity index is 305. The number of hydrogen-bond acceptors (Lipinski definition) is 3. The maximum Gasteiger partial charge on any atom is 0.287 e. The molecular formula is C5H2BrIN2O2. The molecule has 1 rings (SSSR count). The van der Waals surface area contributed by atoms with E-state index in [2.05, 4.69) is 20.9 Å². The molecule has 0 radical (unpaired) electrons. The molecule has 0 saturated carbocycles. The van der Waals surface area contributed by atoms with Crippen molar-refractivity contribution in [3.05, 3.63) is 30.6 Å². The quantitative estimate of drug-likeness (QED) is 0.344. The lowest BCUT2D eigenvalue weighted by molar-refractivity contribution is -0.385. The van der Waals surface area contributed by atoms with Crippen LogP contribution in [-0.2, 0) is 0 Å². The van der Waals surface area contributed by atoms with Gasteiger partial charge in [0.2, 0.25) is 0 Å². The van der Waals surface area contributed by atoms with Gasteiger partial charge in [0.15, 0.2) is 0 Å². The second-order valence-corrected chi connectivity index (χ2v) is 3.68. The van der Waals surface area contributed by atoms with Crippen LogP contribution in [0, 0.1) is 13.8 Å². The molecule has 58 valence electrons. The first-order valence-corrected chi connectivity index (χ1v) is 4.44. The van der Waals surface area contributed by atoms with Crippen molar-refractivity contribution in [1.82, 2.24) is 4.98 Å². The molecule has 0 N–H and O–H groups in total. The third-order valence-corrected chi connectivity index (χ3v) is 2.20. The maximum absolute atomic E-state index is 10.3. The first-order valence-electron chi connectivity index (χ1n) is 2.56. The number of hydrogen-bond donors (Lipinski definition) is 0. The van der Waals surface area contributed by atoms with Gasteiger partial charge in [-0.25, -0.2) is 4.98 Å². The van der Waals surface area contributed by atoms with Gasteiger partial charge in [-0.1, -0.05) is 0 Å². The Balaban J connectivity index is 3.23. The smallest absolute Gasteiger partial charge is 0.258 e. The molecule has 1 heterocycles. The normalized spacial score (nSPS) is 9.64. The summed E-state index contributed by atoms with van der Waals surface area (Å²) < 4.78 is 1.01. The van der Waals surface area contributed by atoms with Crippen LogP contribution in [0.25, 0.3) is 0 Å². The molecule has 0 amide bonds. The Morgan fingerprint density at radius 3 is 2.82 bits per heavy atom. The highest BCUT2D eigenvalue weighted by Gasteiger charge is 2.11. The molecule has 0 unspecified atom stereocenters. The lowest BCUT2D eigenvalue weighted by Gasteiger charge is -1.93. The van der Waals surface area contributed by atoms with Gasteiger partial charge < -0.3 is 0 Å². The van der Waals surface area contributed by atoms with Crippen molar-refractivity contribution >= 4 is 44.2 Å². The van der Waals surface area contributed by atoms with Gasteiger partial charge in [0, 0.05) is 12.3 Å². The van der Waals surface area contributed by atoms with Gasteiger partial charge in [-0.15, -0.1) is 0 Å². The summed E-state index contributed by atoms with van der Waals surface area (Å²) in [7, 11) is 0. The molecule has 1 aromatic rings. The lowest BCUT2D eigenvalue weighted by Crippen LogP contribution is -1.91. The van der Waals surface area contributed by atoms with E-state index in [1.807, 2.05) is 22.6 Å². The van der Waals surface area contributed by atoms with E-state index >= 15 is 0 Å². The van der Waals surface area contributed by atoms with Crippen molar-refractivity contribution in [2.24, 2.45) is 0 Å². The van der Waals surface area contributed by atoms with Crippen molar-refractivity contribution in [3.63, 3.8) is 0 Å². The number of nitrogens with zero attached hydrogens (tertiary/aromatic N) is 2. The molecule has 0 bridgehead atoms. The molecular weight excluding hydrogens is 327 g/mol.